The fourth-order valence-corrected chi connectivity index (χ4v) is 7.35. The minimum absolute atomic E-state index is 0.173. The average molecular weight is 515 g/mol. The van der Waals surface area contributed by atoms with Crippen molar-refractivity contribution in [2.75, 3.05) is 10.2 Å². The zero-order valence-electron chi connectivity index (χ0n) is 20.7. The lowest BCUT2D eigenvalue weighted by Crippen LogP contribution is -2.53. The van der Waals surface area contributed by atoms with Crippen molar-refractivity contribution in [2.24, 2.45) is 0 Å². The molecule has 184 valence electrons. The summed E-state index contributed by atoms with van der Waals surface area (Å²) in [6.07, 6.45) is 2.15. The van der Waals surface area contributed by atoms with E-state index >= 15 is 0 Å². The minimum Gasteiger partial charge on any atom is -0.367 e. The molecule has 36 heavy (non-hydrogen) atoms. The molecule has 2 N–H and O–H groups in total. The Hall–Kier alpha value is -3.56. The number of hydrogen-bond acceptors (Lipinski definition) is 5. The Morgan fingerprint density at radius 2 is 1.89 bits per heavy atom. The maximum Gasteiger partial charge on any atom is 0.255 e. The largest absolute Gasteiger partial charge is 0.367 e. The number of carbonyl (C=O) groups excluding carboxylic acids is 1. The van der Waals surface area contributed by atoms with E-state index < -0.39 is 8.07 Å². The molecule has 7 nitrogen and oxygen atoms in total. The lowest BCUT2D eigenvalue weighted by Gasteiger charge is -2.45. The molecule has 0 fully saturated rings. The van der Waals surface area contributed by atoms with Crippen LogP contribution in [0.25, 0.3) is 5.69 Å². The molecule has 1 aliphatic heterocycles. The van der Waals surface area contributed by atoms with E-state index in [1.165, 1.54) is 16.8 Å². The molecule has 4 aromatic rings. The topological polar surface area (TPSA) is 78.8 Å². The van der Waals surface area contributed by atoms with E-state index in [1.54, 1.807) is 16.8 Å². The second kappa shape index (κ2) is 9.83. The normalized spacial score (nSPS) is 15.4. The van der Waals surface area contributed by atoms with E-state index in [2.05, 4.69) is 87.8 Å². The van der Waals surface area contributed by atoms with Gasteiger partial charge in [0.15, 0.2) is 0 Å². The number of amides is 1. The van der Waals surface area contributed by atoms with Crippen LogP contribution in [0.2, 0.25) is 19.6 Å². The third-order valence-corrected chi connectivity index (χ3v) is 9.61. The number of aromatic amines is 1. The van der Waals surface area contributed by atoms with E-state index in [4.69, 9.17) is 12.2 Å². The van der Waals surface area contributed by atoms with E-state index in [0.717, 1.165) is 25.1 Å². The Morgan fingerprint density at radius 1 is 1.08 bits per heavy atom. The minimum atomic E-state index is -1.42. The highest BCUT2D eigenvalue weighted by Gasteiger charge is 2.36. The van der Waals surface area contributed by atoms with Gasteiger partial charge in [-0.3, -0.25) is 4.79 Å². The first-order chi connectivity index (χ1) is 17.3. The van der Waals surface area contributed by atoms with Crippen LogP contribution in [-0.4, -0.2) is 39.9 Å². The smallest absolute Gasteiger partial charge is 0.255 e. The van der Waals surface area contributed by atoms with Crippen LogP contribution in [0.15, 0.2) is 72.8 Å². The molecule has 0 saturated carbocycles. The Morgan fingerprint density at radius 3 is 2.61 bits per heavy atom. The molecule has 5 rings (SSSR count). The standard InChI is InChI=1S/C27H30N6OSSi/c1-36(2,3)25-15-12-20-16-22(13-14-24(20)32(25)18-19-8-5-4-6-9-19)28-26(34)21-10-7-11-23(17-21)33-27(35)29-30-31-33/h4-11,13-14,16-17,25H,12,15,18H2,1-3H3,(H,28,34)(H,29,31,35). The summed E-state index contributed by atoms with van der Waals surface area (Å²) in [4.78, 5) is 15.7. The van der Waals surface area contributed by atoms with E-state index in [-0.39, 0.29) is 5.91 Å². The Kier molecular flexibility index (Phi) is 6.59. The number of benzene rings is 3. The summed E-state index contributed by atoms with van der Waals surface area (Å²) in [5, 5.41) is 13.3. The molecule has 9 heteroatoms. The van der Waals surface area contributed by atoms with Crippen LogP contribution in [0.4, 0.5) is 11.4 Å². The maximum absolute atomic E-state index is 13.1. The molecule has 2 heterocycles. The number of hydrogen-bond donors (Lipinski definition) is 2. The van der Waals surface area contributed by atoms with Gasteiger partial charge in [0.25, 0.3) is 5.91 Å². The van der Waals surface area contributed by atoms with Crippen LogP contribution in [-0.2, 0) is 13.0 Å². The second-order valence-corrected chi connectivity index (χ2v) is 16.1. The van der Waals surface area contributed by atoms with E-state index in [9.17, 15) is 4.79 Å². The number of nitrogens with zero attached hydrogens (tertiary/aromatic N) is 4. The molecule has 0 bridgehead atoms. The highest BCUT2D eigenvalue weighted by Crippen LogP contribution is 2.37. The molecule has 0 spiro atoms. The molecule has 1 aromatic heterocycles. The summed E-state index contributed by atoms with van der Waals surface area (Å²) < 4.78 is 1.86. The molecular weight excluding hydrogens is 484 g/mol. The van der Waals surface area contributed by atoms with Crippen molar-refractivity contribution in [3.63, 3.8) is 0 Å². The van der Waals surface area contributed by atoms with Gasteiger partial charge in [-0.1, -0.05) is 66.4 Å². The van der Waals surface area contributed by atoms with Crippen LogP contribution < -0.4 is 10.2 Å². The number of H-pyrrole nitrogens is 1. The summed E-state index contributed by atoms with van der Waals surface area (Å²) in [6.45, 7) is 8.26. The summed E-state index contributed by atoms with van der Waals surface area (Å²) in [5.41, 5.74) is 6.48. The fraction of sp³-hybridized carbons (Fsp3) is 0.259. The number of anilines is 2. The number of aromatic nitrogens is 4. The van der Waals surface area contributed by atoms with E-state index in [1.807, 2.05) is 18.2 Å². The second-order valence-electron chi connectivity index (χ2n) is 10.3. The van der Waals surface area contributed by atoms with Crippen LogP contribution >= 0.6 is 12.2 Å². The zero-order valence-corrected chi connectivity index (χ0v) is 22.5. The van der Waals surface area contributed by atoms with Gasteiger partial charge in [0, 0.05) is 29.1 Å². The van der Waals surface area contributed by atoms with Gasteiger partial charge in [0.1, 0.15) is 0 Å². The molecule has 0 radical (unpaired) electrons. The Bertz CT molecular complexity index is 1440. The van der Waals surface area contributed by atoms with Gasteiger partial charge in [-0.2, -0.15) is 5.21 Å². The van der Waals surface area contributed by atoms with Crippen molar-refractivity contribution in [1.82, 2.24) is 20.2 Å². The Balaban J connectivity index is 1.40. The molecule has 1 amide bonds. The van der Waals surface area contributed by atoms with Crippen molar-refractivity contribution >= 4 is 37.6 Å². The lowest BCUT2D eigenvalue weighted by molar-refractivity contribution is 0.102. The third-order valence-electron chi connectivity index (χ3n) is 6.74. The number of nitrogens with one attached hydrogen (secondary N) is 2. The van der Waals surface area contributed by atoms with Crippen molar-refractivity contribution in [3.05, 3.63) is 94.3 Å². The molecule has 0 aliphatic carbocycles. The van der Waals surface area contributed by atoms with Gasteiger partial charge in [0.05, 0.1) is 13.8 Å². The summed E-state index contributed by atoms with van der Waals surface area (Å²) >= 11 is 5.18. The summed E-state index contributed by atoms with van der Waals surface area (Å²) in [5.74, 6) is -0.173. The zero-order chi connectivity index (χ0) is 25.3. The van der Waals surface area contributed by atoms with Crippen molar-refractivity contribution in [2.45, 2.75) is 44.7 Å². The number of aryl methyl sites for hydroxylation is 1. The third kappa shape index (κ3) is 5.03. The Labute approximate surface area is 217 Å². The van der Waals surface area contributed by atoms with Crippen LogP contribution in [0.1, 0.15) is 27.9 Å². The molecule has 1 aliphatic rings. The van der Waals surface area contributed by atoms with Crippen molar-refractivity contribution in [3.8, 4) is 5.69 Å². The quantitative estimate of drug-likeness (QED) is 0.252. The highest BCUT2D eigenvalue weighted by molar-refractivity contribution is 7.71. The first-order valence-electron chi connectivity index (χ1n) is 12.1. The van der Waals surface area contributed by atoms with Gasteiger partial charge in [0.2, 0.25) is 4.77 Å². The molecule has 0 saturated heterocycles. The SMILES string of the molecule is C[Si](C)(C)C1CCc2cc(NC(=O)c3cccc(-n4[nH]nnc4=S)c3)ccc2N1Cc1ccccc1. The number of carbonyl (C=O) groups is 1. The summed E-state index contributed by atoms with van der Waals surface area (Å²) in [7, 11) is -1.42. The van der Waals surface area contributed by atoms with Crippen molar-refractivity contribution in [1.29, 1.82) is 0 Å². The average Bonchev–Trinajstić information content (AvgIpc) is 3.30. The highest BCUT2D eigenvalue weighted by atomic mass is 32.1. The maximum atomic E-state index is 13.1. The van der Waals surface area contributed by atoms with Crippen LogP contribution in [0, 0.1) is 4.77 Å². The molecule has 1 unspecified atom stereocenters. The lowest BCUT2D eigenvalue weighted by atomic mass is 9.99. The predicted molar refractivity (Wildman–Crippen MR) is 149 cm³/mol. The van der Waals surface area contributed by atoms with Crippen LogP contribution in [0.3, 0.4) is 0 Å². The van der Waals surface area contributed by atoms with Crippen LogP contribution in [0.5, 0.6) is 0 Å². The predicted octanol–water partition coefficient (Wildman–Crippen LogP) is 5.78. The van der Waals surface area contributed by atoms with Gasteiger partial charge in [-0.05, 0) is 72.6 Å². The summed E-state index contributed by atoms with van der Waals surface area (Å²) in [6, 6.07) is 24.2. The first-order valence-corrected chi connectivity index (χ1v) is 16.1. The monoisotopic (exact) mass is 514 g/mol. The molecular formula is C27H30N6OSSi. The van der Waals surface area contributed by atoms with Gasteiger partial charge in [-0.25, -0.2) is 4.68 Å². The fourth-order valence-electron chi connectivity index (χ4n) is 4.99. The van der Waals surface area contributed by atoms with Gasteiger partial charge in [-0.15, -0.1) is 0 Å². The van der Waals surface area contributed by atoms with Gasteiger partial charge < -0.3 is 10.2 Å². The number of fused-ring (bicyclic) bond motifs is 1. The molecule has 3 aromatic carbocycles. The van der Waals surface area contributed by atoms with E-state index in [0.29, 0.717) is 21.7 Å². The van der Waals surface area contributed by atoms with Crippen molar-refractivity contribution < 1.29 is 4.79 Å². The number of tetrazole rings is 1. The van der Waals surface area contributed by atoms with Gasteiger partial charge >= 0.3 is 0 Å². The molecule has 1 atom stereocenters. The number of rotatable bonds is 6. The first kappa shape index (κ1) is 24.1.